The number of ketones is 2. The molecule has 2 aliphatic rings. The van der Waals surface area contributed by atoms with Crippen LogP contribution < -0.4 is 0 Å². The van der Waals surface area contributed by atoms with E-state index in [1.54, 1.807) is 0 Å². The van der Waals surface area contributed by atoms with Crippen molar-refractivity contribution in [1.29, 1.82) is 0 Å². The second-order valence-corrected chi connectivity index (χ2v) is 6.77. The molecule has 0 fully saturated rings. The molecule has 5 rings (SSSR count). The maximum Gasteiger partial charge on any atom is 0.199 e. The Kier molecular flexibility index (Phi) is 3.04. The smallest absolute Gasteiger partial charge is 0.199 e. The molecule has 0 atom stereocenters. The van der Waals surface area contributed by atoms with Crippen LogP contribution in [0.15, 0.2) is 60.2 Å². The summed E-state index contributed by atoms with van der Waals surface area (Å²) in [5, 5.41) is 0.959. The van der Waals surface area contributed by atoms with Gasteiger partial charge in [-0.1, -0.05) is 48.5 Å². The number of aromatic nitrogens is 1. The van der Waals surface area contributed by atoms with Crippen molar-refractivity contribution in [2.45, 2.75) is 25.8 Å². The predicted molar refractivity (Wildman–Crippen MR) is 97.6 cm³/mol. The van der Waals surface area contributed by atoms with E-state index in [0.29, 0.717) is 18.5 Å². The number of carbonyl (C=O) groups excluding carboxylic acids is 2. The molecule has 1 aromatic heterocycles. The van der Waals surface area contributed by atoms with E-state index in [4.69, 9.17) is 0 Å². The van der Waals surface area contributed by atoms with Gasteiger partial charge in [0.2, 0.25) is 0 Å². The van der Waals surface area contributed by atoms with E-state index in [1.165, 1.54) is 5.56 Å². The average molecular weight is 327 g/mol. The van der Waals surface area contributed by atoms with Gasteiger partial charge >= 0.3 is 0 Å². The lowest BCUT2D eigenvalue weighted by Gasteiger charge is -2.16. The first-order valence-corrected chi connectivity index (χ1v) is 8.72. The molecule has 0 radical (unpaired) electrons. The monoisotopic (exact) mass is 327 g/mol. The fourth-order valence-corrected chi connectivity index (χ4v) is 4.25. The molecule has 122 valence electrons. The lowest BCUT2D eigenvalue weighted by molar-refractivity contribution is -0.115. The third kappa shape index (κ3) is 1.99. The van der Waals surface area contributed by atoms with Crippen molar-refractivity contribution in [2.24, 2.45) is 0 Å². The van der Waals surface area contributed by atoms with Gasteiger partial charge in [0.1, 0.15) is 0 Å². The van der Waals surface area contributed by atoms with Gasteiger partial charge in [-0.25, -0.2) is 0 Å². The van der Waals surface area contributed by atoms with Crippen molar-refractivity contribution >= 4 is 28.0 Å². The number of carbonyl (C=O) groups is 2. The van der Waals surface area contributed by atoms with Gasteiger partial charge in [-0.2, -0.15) is 0 Å². The Morgan fingerprint density at radius 3 is 2.48 bits per heavy atom. The van der Waals surface area contributed by atoms with Gasteiger partial charge in [-0.3, -0.25) is 9.59 Å². The van der Waals surface area contributed by atoms with Crippen molar-refractivity contribution in [2.75, 3.05) is 0 Å². The number of nitrogens with zero attached hydrogens (tertiary/aromatic N) is 1. The summed E-state index contributed by atoms with van der Waals surface area (Å²) in [6.07, 6.45) is 2.13. The SMILES string of the molecule is O=C1CCCC2=C1C(=O)c1c2n(Cc2ccccc2)c2ccccc12. The van der Waals surface area contributed by atoms with E-state index in [9.17, 15) is 9.59 Å². The van der Waals surface area contributed by atoms with E-state index in [0.717, 1.165) is 40.6 Å². The second kappa shape index (κ2) is 5.28. The zero-order valence-electron chi connectivity index (χ0n) is 13.8. The number of Topliss-reactive ketones (excluding diaryl/α,β-unsaturated/α-hetero) is 2. The van der Waals surface area contributed by atoms with Gasteiger partial charge in [0, 0.05) is 23.9 Å². The molecule has 0 aliphatic heterocycles. The van der Waals surface area contributed by atoms with Crippen LogP contribution in [0.1, 0.15) is 40.9 Å². The summed E-state index contributed by atoms with van der Waals surface area (Å²) >= 11 is 0. The highest BCUT2D eigenvalue weighted by Gasteiger charge is 2.39. The molecule has 0 N–H and O–H groups in total. The lowest BCUT2D eigenvalue weighted by atomic mass is 9.91. The summed E-state index contributed by atoms with van der Waals surface area (Å²) in [7, 11) is 0. The molecular formula is C22H17NO2. The van der Waals surface area contributed by atoms with Crippen LogP contribution in [0.2, 0.25) is 0 Å². The summed E-state index contributed by atoms with van der Waals surface area (Å²) in [5.74, 6) is -0.0597. The van der Waals surface area contributed by atoms with Crippen molar-refractivity contribution in [1.82, 2.24) is 4.57 Å². The van der Waals surface area contributed by atoms with Crippen molar-refractivity contribution in [3.05, 3.63) is 77.0 Å². The Morgan fingerprint density at radius 2 is 1.64 bits per heavy atom. The zero-order chi connectivity index (χ0) is 17.0. The van der Waals surface area contributed by atoms with Gasteiger partial charge in [0.15, 0.2) is 11.6 Å². The number of hydrogen-bond donors (Lipinski definition) is 0. The normalized spacial score (nSPS) is 16.5. The molecule has 0 saturated carbocycles. The number of fused-ring (bicyclic) bond motifs is 4. The average Bonchev–Trinajstić information content (AvgIpc) is 3.12. The Labute approximate surface area is 145 Å². The minimum Gasteiger partial charge on any atom is -0.336 e. The molecule has 3 aromatic rings. The summed E-state index contributed by atoms with van der Waals surface area (Å²) in [4.78, 5) is 25.4. The highest BCUT2D eigenvalue weighted by molar-refractivity contribution is 6.38. The van der Waals surface area contributed by atoms with E-state index < -0.39 is 0 Å². The third-order valence-electron chi connectivity index (χ3n) is 5.31. The Morgan fingerprint density at radius 1 is 0.880 bits per heavy atom. The van der Waals surface area contributed by atoms with E-state index in [-0.39, 0.29) is 11.6 Å². The summed E-state index contributed by atoms with van der Waals surface area (Å²) < 4.78 is 2.22. The third-order valence-corrected chi connectivity index (χ3v) is 5.31. The molecule has 0 unspecified atom stereocenters. The molecular weight excluding hydrogens is 310 g/mol. The number of benzene rings is 2. The van der Waals surface area contributed by atoms with Crippen LogP contribution in [-0.4, -0.2) is 16.1 Å². The lowest BCUT2D eigenvalue weighted by Crippen LogP contribution is -2.14. The van der Waals surface area contributed by atoms with Crippen LogP contribution in [0, 0.1) is 0 Å². The first-order chi connectivity index (χ1) is 12.3. The Bertz CT molecular complexity index is 1070. The van der Waals surface area contributed by atoms with Crippen LogP contribution in [0.25, 0.3) is 16.5 Å². The predicted octanol–water partition coefficient (Wildman–Crippen LogP) is 4.39. The summed E-state index contributed by atoms with van der Waals surface area (Å²) in [6.45, 7) is 0.703. The summed E-state index contributed by atoms with van der Waals surface area (Å²) in [5.41, 5.74) is 5.36. The van der Waals surface area contributed by atoms with E-state index in [1.807, 2.05) is 36.4 Å². The number of rotatable bonds is 2. The van der Waals surface area contributed by atoms with Crippen LogP contribution >= 0.6 is 0 Å². The number of allylic oxidation sites excluding steroid dienone is 2. The number of hydrogen-bond acceptors (Lipinski definition) is 2. The Balaban J connectivity index is 1.80. The number of para-hydroxylation sites is 1. The van der Waals surface area contributed by atoms with Gasteiger partial charge < -0.3 is 4.57 Å². The molecule has 0 amide bonds. The Hall–Kier alpha value is -2.94. The van der Waals surface area contributed by atoms with Crippen LogP contribution in [0.3, 0.4) is 0 Å². The molecule has 3 heteroatoms. The molecule has 2 aromatic carbocycles. The molecule has 0 bridgehead atoms. The van der Waals surface area contributed by atoms with Crippen molar-refractivity contribution < 1.29 is 9.59 Å². The highest BCUT2D eigenvalue weighted by atomic mass is 16.1. The molecule has 2 aliphatic carbocycles. The summed E-state index contributed by atoms with van der Waals surface area (Å²) in [6, 6.07) is 18.3. The topological polar surface area (TPSA) is 39.1 Å². The fourth-order valence-electron chi connectivity index (χ4n) is 4.25. The van der Waals surface area contributed by atoms with Gasteiger partial charge in [0.25, 0.3) is 0 Å². The highest BCUT2D eigenvalue weighted by Crippen LogP contribution is 2.44. The van der Waals surface area contributed by atoms with Gasteiger partial charge in [-0.15, -0.1) is 0 Å². The van der Waals surface area contributed by atoms with Crippen molar-refractivity contribution in [3.63, 3.8) is 0 Å². The van der Waals surface area contributed by atoms with Crippen LogP contribution in [0.5, 0.6) is 0 Å². The molecule has 0 saturated heterocycles. The maximum absolute atomic E-state index is 13.0. The minimum atomic E-state index is -0.0716. The van der Waals surface area contributed by atoms with Gasteiger partial charge in [-0.05, 0) is 30.0 Å². The van der Waals surface area contributed by atoms with E-state index >= 15 is 0 Å². The van der Waals surface area contributed by atoms with Crippen LogP contribution in [0.4, 0.5) is 0 Å². The first kappa shape index (κ1) is 14.4. The zero-order valence-corrected chi connectivity index (χ0v) is 13.8. The standard InChI is InChI=1S/C22H17NO2/c24-18-12-6-10-16-19(18)22(25)20-15-9-4-5-11-17(15)23(21(16)20)13-14-7-2-1-3-8-14/h1-5,7-9,11H,6,10,12-13H2. The molecule has 3 nitrogen and oxygen atoms in total. The molecule has 1 heterocycles. The largest absolute Gasteiger partial charge is 0.336 e. The quantitative estimate of drug-likeness (QED) is 0.655. The van der Waals surface area contributed by atoms with Crippen molar-refractivity contribution in [3.8, 4) is 0 Å². The van der Waals surface area contributed by atoms with E-state index in [2.05, 4.69) is 22.8 Å². The molecule has 0 spiro atoms. The second-order valence-electron chi connectivity index (χ2n) is 6.77. The van der Waals surface area contributed by atoms with Crippen LogP contribution in [-0.2, 0) is 11.3 Å². The first-order valence-electron chi connectivity index (χ1n) is 8.72. The molecule has 25 heavy (non-hydrogen) atoms. The minimum absolute atomic E-state index is 0.0118. The maximum atomic E-state index is 13.0. The van der Waals surface area contributed by atoms with Gasteiger partial charge in [0.05, 0.1) is 16.8 Å². The fraction of sp³-hybridized carbons (Fsp3) is 0.182.